The molecule has 0 aliphatic heterocycles. The first-order chi connectivity index (χ1) is 27.8. The molecule has 0 aliphatic carbocycles. The molecule has 314 valence electrons. The zero-order valence-electron chi connectivity index (χ0n) is 36.1. The molecule has 4 aromatic rings. The van der Waals surface area contributed by atoms with E-state index in [0.717, 1.165) is 38.4 Å². The highest BCUT2D eigenvalue weighted by Crippen LogP contribution is 2.26. The van der Waals surface area contributed by atoms with Gasteiger partial charge in [0.25, 0.3) is 23.6 Å². The van der Waals surface area contributed by atoms with E-state index in [4.69, 9.17) is 14.7 Å². The van der Waals surface area contributed by atoms with E-state index in [9.17, 15) is 24.0 Å². The van der Waals surface area contributed by atoms with Crippen molar-refractivity contribution in [2.75, 3.05) is 14.2 Å². The van der Waals surface area contributed by atoms with Gasteiger partial charge in [0.05, 0.1) is 26.0 Å². The van der Waals surface area contributed by atoms with Crippen molar-refractivity contribution in [3.63, 3.8) is 0 Å². The fraction of sp³-hybridized carbons (Fsp3) is 0.348. The molecule has 0 aliphatic rings. The van der Waals surface area contributed by atoms with E-state index >= 15 is 0 Å². The first-order valence-electron chi connectivity index (χ1n) is 19.2. The maximum Gasteiger partial charge on any atom is 0.273 e. The van der Waals surface area contributed by atoms with Crippen LogP contribution in [0.15, 0.2) is 78.0 Å². The standard InChI is InChI=1S/C23H29N3O4.C23H28N2O4/c1-7-18-19(9-8-10-20(18)30-6)21(27)25-26(23(4,5)14-24-29)22(28)17-12-15(2)11-16(3)13-17;1-7-18-19(9-8-10-20(18)29-6)21(27)24-25(23(4,5)14-26)22(28)17-12-15(2)11-16(3)13-17/h8-14,29H,7H2,1-6H3,(H,25,27);8-14H,7H2,1-6H3,(H,24,27)/b24-14+;. The van der Waals surface area contributed by atoms with E-state index in [1.54, 1.807) is 103 Å². The monoisotopic (exact) mass is 807 g/mol. The summed E-state index contributed by atoms with van der Waals surface area (Å²) in [6.45, 7) is 17.9. The summed E-state index contributed by atoms with van der Waals surface area (Å²) in [4.78, 5) is 64.5. The molecule has 0 atom stereocenters. The van der Waals surface area contributed by atoms with E-state index in [-0.39, 0.29) is 0 Å². The Balaban J connectivity index is 0.000000316. The number of oxime groups is 1. The van der Waals surface area contributed by atoms with Gasteiger partial charge in [-0.2, -0.15) is 0 Å². The van der Waals surface area contributed by atoms with Crippen LogP contribution < -0.4 is 20.3 Å². The number of nitrogens with zero attached hydrogens (tertiary/aromatic N) is 3. The van der Waals surface area contributed by atoms with E-state index in [0.29, 0.717) is 52.9 Å². The lowest BCUT2D eigenvalue weighted by molar-refractivity contribution is -0.116. The van der Waals surface area contributed by atoms with Crippen LogP contribution in [0.5, 0.6) is 11.5 Å². The van der Waals surface area contributed by atoms with Crippen molar-refractivity contribution in [3.8, 4) is 11.5 Å². The molecule has 0 fully saturated rings. The summed E-state index contributed by atoms with van der Waals surface area (Å²) >= 11 is 0. The highest BCUT2D eigenvalue weighted by Gasteiger charge is 2.35. The molecule has 0 heterocycles. The summed E-state index contributed by atoms with van der Waals surface area (Å²) in [5.74, 6) is -0.601. The maximum absolute atomic E-state index is 13.4. The highest BCUT2D eigenvalue weighted by molar-refractivity contribution is 6.03. The first kappa shape index (κ1) is 46.9. The molecule has 0 saturated carbocycles. The van der Waals surface area contributed by atoms with Crippen LogP contribution in [0.4, 0.5) is 0 Å². The third kappa shape index (κ3) is 11.6. The summed E-state index contributed by atoms with van der Waals surface area (Å²) in [7, 11) is 3.09. The second kappa shape index (κ2) is 20.3. The lowest BCUT2D eigenvalue weighted by atomic mass is 10.0. The molecule has 0 aromatic heterocycles. The van der Waals surface area contributed by atoms with Gasteiger partial charge in [-0.1, -0.05) is 65.5 Å². The number of carbonyl (C=O) groups excluding carboxylic acids is 5. The Hall–Kier alpha value is -6.50. The zero-order chi connectivity index (χ0) is 44.2. The molecule has 4 amide bonds. The third-order valence-corrected chi connectivity index (χ3v) is 9.49. The van der Waals surface area contributed by atoms with Gasteiger partial charge in [0.15, 0.2) is 0 Å². The second-order valence-corrected chi connectivity index (χ2v) is 15.3. The average molecular weight is 808 g/mol. The number of aryl methyl sites for hydroxylation is 4. The van der Waals surface area contributed by atoms with Gasteiger partial charge in [-0.05, 0) is 117 Å². The van der Waals surface area contributed by atoms with Crippen molar-refractivity contribution in [3.05, 3.63) is 128 Å². The van der Waals surface area contributed by atoms with Crippen molar-refractivity contribution in [2.45, 2.75) is 93.2 Å². The summed E-state index contributed by atoms with van der Waals surface area (Å²) in [6.07, 6.45) is 2.99. The number of aldehydes is 1. The van der Waals surface area contributed by atoms with E-state index in [1.807, 2.05) is 53.7 Å². The van der Waals surface area contributed by atoms with Gasteiger partial charge in [0.1, 0.15) is 23.3 Å². The van der Waals surface area contributed by atoms with Crippen molar-refractivity contribution >= 4 is 36.1 Å². The number of ether oxygens (including phenoxy) is 2. The highest BCUT2D eigenvalue weighted by atomic mass is 16.5. The van der Waals surface area contributed by atoms with Crippen molar-refractivity contribution in [1.29, 1.82) is 0 Å². The van der Waals surface area contributed by atoms with E-state index < -0.39 is 34.7 Å². The number of hydrogen-bond donors (Lipinski definition) is 3. The smallest absolute Gasteiger partial charge is 0.273 e. The molecule has 0 spiro atoms. The number of hydrogen-bond acceptors (Lipinski definition) is 9. The normalized spacial score (nSPS) is 11.2. The SMILES string of the molecule is CCc1c(OC)cccc1C(=O)NN(C(=O)c1cc(C)cc(C)c1)C(C)(C)/C=N/O.CCc1c(OC)cccc1C(=O)NN(C(=O)c1cc(C)cc(C)c1)C(C)(C)C=O. The minimum Gasteiger partial charge on any atom is -0.496 e. The summed E-state index contributed by atoms with van der Waals surface area (Å²) in [5, 5.41) is 14.5. The van der Waals surface area contributed by atoms with Gasteiger partial charge in [0, 0.05) is 33.4 Å². The number of nitrogens with one attached hydrogen (secondary N) is 2. The number of rotatable bonds is 12. The minimum absolute atomic E-state index is 0.395. The molecule has 59 heavy (non-hydrogen) atoms. The zero-order valence-corrected chi connectivity index (χ0v) is 36.1. The molecule has 0 unspecified atom stereocenters. The van der Waals surface area contributed by atoms with Crippen LogP contribution >= 0.6 is 0 Å². The topological polar surface area (TPSA) is 167 Å². The van der Waals surface area contributed by atoms with Gasteiger partial charge >= 0.3 is 0 Å². The fourth-order valence-corrected chi connectivity index (χ4v) is 6.61. The maximum atomic E-state index is 13.4. The van der Waals surface area contributed by atoms with Crippen LogP contribution in [0.1, 0.15) is 116 Å². The van der Waals surface area contributed by atoms with Crippen molar-refractivity contribution in [2.24, 2.45) is 5.16 Å². The second-order valence-electron chi connectivity index (χ2n) is 15.3. The molecule has 3 N–H and O–H groups in total. The molecule has 4 rings (SSSR count). The largest absolute Gasteiger partial charge is 0.496 e. The lowest BCUT2D eigenvalue weighted by Gasteiger charge is -2.35. The average Bonchev–Trinajstić information content (AvgIpc) is 3.19. The minimum atomic E-state index is -1.24. The van der Waals surface area contributed by atoms with Crippen molar-refractivity contribution < 1.29 is 38.7 Å². The predicted octanol–water partition coefficient (Wildman–Crippen LogP) is 7.54. The van der Waals surface area contributed by atoms with Crippen LogP contribution in [-0.4, -0.2) is 76.7 Å². The Morgan fingerprint density at radius 2 is 1.00 bits per heavy atom. The number of hydrazine groups is 2. The van der Waals surface area contributed by atoms with E-state index in [2.05, 4.69) is 16.0 Å². The summed E-state index contributed by atoms with van der Waals surface area (Å²) in [5.41, 5.74) is 9.83. The molecule has 0 bridgehead atoms. The summed E-state index contributed by atoms with van der Waals surface area (Å²) < 4.78 is 10.7. The van der Waals surface area contributed by atoms with Gasteiger partial charge in [0.2, 0.25) is 0 Å². The van der Waals surface area contributed by atoms with Gasteiger partial charge in [-0.3, -0.25) is 30.0 Å². The summed E-state index contributed by atoms with van der Waals surface area (Å²) in [6, 6.07) is 21.3. The molecule has 13 heteroatoms. The van der Waals surface area contributed by atoms with Crippen LogP contribution in [0.25, 0.3) is 0 Å². The molecular weight excluding hydrogens is 751 g/mol. The van der Waals surface area contributed by atoms with E-state index in [1.165, 1.54) is 11.2 Å². The third-order valence-electron chi connectivity index (χ3n) is 9.49. The predicted molar refractivity (Wildman–Crippen MR) is 228 cm³/mol. The van der Waals surface area contributed by atoms with Crippen LogP contribution in [0.2, 0.25) is 0 Å². The fourth-order valence-electron chi connectivity index (χ4n) is 6.61. The van der Waals surface area contributed by atoms with Gasteiger partial charge in [-0.15, -0.1) is 0 Å². The van der Waals surface area contributed by atoms with Gasteiger partial charge < -0.3 is 19.5 Å². The number of carbonyl (C=O) groups is 5. The molecule has 0 radical (unpaired) electrons. The quantitative estimate of drug-likeness (QED) is 0.0572. The molecule has 4 aromatic carbocycles. The molecular formula is C46H57N5O8. The molecule has 0 saturated heterocycles. The van der Waals surface area contributed by atoms with Crippen molar-refractivity contribution in [1.82, 2.24) is 20.9 Å². The van der Waals surface area contributed by atoms with Crippen LogP contribution in [0, 0.1) is 27.7 Å². The Morgan fingerprint density at radius 3 is 1.31 bits per heavy atom. The first-order valence-corrected chi connectivity index (χ1v) is 19.2. The Morgan fingerprint density at radius 1 is 0.644 bits per heavy atom. The number of benzene rings is 4. The Bertz CT molecular complexity index is 2170. The number of methoxy groups -OCH3 is 2. The van der Waals surface area contributed by atoms with Crippen LogP contribution in [-0.2, 0) is 17.6 Å². The lowest BCUT2D eigenvalue weighted by Crippen LogP contribution is -2.58. The Labute approximate surface area is 347 Å². The van der Waals surface area contributed by atoms with Gasteiger partial charge in [-0.25, -0.2) is 10.0 Å². The molecule has 13 nitrogen and oxygen atoms in total. The van der Waals surface area contributed by atoms with Crippen LogP contribution in [0.3, 0.4) is 0 Å². The Kier molecular flexibility index (Phi) is 16.1. The number of amides is 4.